The largest absolute Gasteiger partial charge is 0.479 e. The Morgan fingerprint density at radius 1 is 0.853 bits per heavy atom. The molecule has 3 aromatic carbocycles. The van der Waals surface area contributed by atoms with Gasteiger partial charge < -0.3 is 20.1 Å². The number of nitrogens with zero attached hydrogens (tertiary/aromatic N) is 1. The number of pyridine rings is 1. The van der Waals surface area contributed by atoms with Gasteiger partial charge >= 0.3 is 6.03 Å². The van der Waals surface area contributed by atoms with Crippen molar-refractivity contribution in [1.29, 1.82) is 0 Å². The highest BCUT2D eigenvalue weighted by atomic mass is 16.5. The molecule has 0 spiro atoms. The number of hydrogen-bond donors (Lipinski definition) is 2. The second kappa shape index (κ2) is 8.67. The van der Waals surface area contributed by atoms with Crippen LogP contribution in [0.1, 0.15) is 27.1 Å². The number of anilines is 2. The van der Waals surface area contributed by atoms with Gasteiger partial charge in [-0.1, -0.05) is 18.2 Å². The summed E-state index contributed by atoms with van der Waals surface area (Å²) >= 11 is 0. The van der Waals surface area contributed by atoms with Gasteiger partial charge in [0.2, 0.25) is 5.88 Å². The van der Waals surface area contributed by atoms with Crippen LogP contribution in [0.5, 0.6) is 17.4 Å². The van der Waals surface area contributed by atoms with Crippen LogP contribution in [-0.4, -0.2) is 29.7 Å². The number of ketones is 2. The van der Waals surface area contributed by atoms with Crippen molar-refractivity contribution in [2.75, 3.05) is 17.7 Å². The highest BCUT2D eigenvalue weighted by molar-refractivity contribution is 6.24. The number of fused-ring (bicyclic) bond motifs is 2. The summed E-state index contributed by atoms with van der Waals surface area (Å²) in [6.45, 7) is 0. The molecule has 1 heterocycles. The molecule has 2 N–H and O–H groups in total. The fourth-order valence-electron chi connectivity index (χ4n) is 3.77. The van der Waals surface area contributed by atoms with E-state index in [1.54, 1.807) is 48.5 Å². The first kappa shape index (κ1) is 21.1. The van der Waals surface area contributed by atoms with Crippen molar-refractivity contribution in [3.8, 4) is 17.4 Å². The summed E-state index contributed by atoms with van der Waals surface area (Å²) in [6, 6.07) is 20.5. The molecule has 8 heteroatoms. The number of urea groups is 1. The van der Waals surface area contributed by atoms with Crippen molar-refractivity contribution in [2.24, 2.45) is 0 Å². The number of amides is 2. The zero-order valence-corrected chi connectivity index (χ0v) is 18.1. The summed E-state index contributed by atoms with van der Waals surface area (Å²) in [4.78, 5) is 40.6. The van der Waals surface area contributed by atoms with E-state index in [9.17, 15) is 14.4 Å². The Morgan fingerprint density at radius 2 is 1.59 bits per heavy atom. The van der Waals surface area contributed by atoms with Crippen molar-refractivity contribution >= 4 is 39.9 Å². The molecule has 1 aliphatic rings. The Morgan fingerprint density at radius 3 is 2.38 bits per heavy atom. The van der Waals surface area contributed by atoms with Crippen LogP contribution in [0, 0.1) is 0 Å². The molecule has 8 nitrogen and oxygen atoms in total. The molecule has 1 aliphatic carbocycles. The number of carbonyl (C=O) groups is 3. The molecule has 4 aromatic rings. The van der Waals surface area contributed by atoms with E-state index < -0.39 is 6.03 Å². The van der Waals surface area contributed by atoms with Crippen LogP contribution in [0.3, 0.4) is 0 Å². The summed E-state index contributed by atoms with van der Waals surface area (Å²) < 4.78 is 11.1. The van der Waals surface area contributed by atoms with Crippen LogP contribution in [0.4, 0.5) is 16.2 Å². The highest BCUT2D eigenvalue weighted by Gasteiger charge is 2.27. The topological polar surface area (TPSA) is 107 Å². The van der Waals surface area contributed by atoms with E-state index in [0.29, 0.717) is 39.9 Å². The van der Waals surface area contributed by atoms with E-state index in [4.69, 9.17) is 9.47 Å². The van der Waals surface area contributed by atoms with E-state index in [2.05, 4.69) is 15.6 Å². The van der Waals surface area contributed by atoms with E-state index in [-0.39, 0.29) is 18.0 Å². The Kier molecular flexibility index (Phi) is 5.39. The summed E-state index contributed by atoms with van der Waals surface area (Å²) in [5.41, 5.74) is 2.58. The number of carbonyl (C=O) groups excluding carboxylic acids is 3. The molecule has 0 fully saturated rings. The molecule has 0 aliphatic heterocycles. The number of Topliss-reactive ketones (excluding diaryl/α,β-unsaturated/α-hetero) is 2. The molecule has 5 rings (SSSR count). The second-order valence-corrected chi connectivity index (χ2v) is 7.67. The smallest absolute Gasteiger partial charge is 0.323 e. The zero-order chi connectivity index (χ0) is 23.7. The first-order valence-corrected chi connectivity index (χ1v) is 10.5. The van der Waals surface area contributed by atoms with Crippen molar-refractivity contribution in [2.45, 2.75) is 6.42 Å². The molecule has 0 unspecified atom stereocenters. The number of benzene rings is 3. The number of methoxy groups -OCH3 is 1. The van der Waals surface area contributed by atoms with Gasteiger partial charge in [0, 0.05) is 22.2 Å². The molecule has 168 valence electrons. The molecule has 0 saturated carbocycles. The lowest BCUT2D eigenvalue weighted by Crippen LogP contribution is -2.20. The maximum absolute atomic E-state index is 12.5. The lowest BCUT2D eigenvalue weighted by molar-refractivity contribution is 0.0923. The van der Waals surface area contributed by atoms with E-state index in [1.807, 2.05) is 24.3 Å². The van der Waals surface area contributed by atoms with Gasteiger partial charge in [-0.15, -0.1) is 0 Å². The molecule has 0 atom stereocenters. The van der Waals surface area contributed by atoms with Gasteiger partial charge in [0.1, 0.15) is 17.2 Å². The zero-order valence-electron chi connectivity index (χ0n) is 18.1. The van der Waals surface area contributed by atoms with Crippen LogP contribution in [-0.2, 0) is 0 Å². The first-order valence-electron chi connectivity index (χ1n) is 10.5. The summed E-state index contributed by atoms with van der Waals surface area (Å²) in [7, 11) is 1.49. The van der Waals surface area contributed by atoms with E-state index in [1.165, 1.54) is 7.11 Å². The third-order valence-corrected chi connectivity index (χ3v) is 5.39. The number of nitrogens with one attached hydrogen (secondary N) is 2. The average molecular weight is 453 g/mol. The third-order valence-electron chi connectivity index (χ3n) is 5.39. The summed E-state index contributed by atoms with van der Waals surface area (Å²) in [5.74, 6) is 0.915. The van der Waals surface area contributed by atoms with Crippen LogP contribution >= 0.6 is 0 Å². The lowest BCUT2D eigenvalue weighted by atomic mass is 10.1. The predicted molar refractivity (Wildman–Crippen MR) is 127 cm³/mol. The summed E-state index contributed by atoms with van der Waals surface area (Å²) in [5, 5.41) is 6.39. The maximum atomic E-state index is 12.5. The minimum absolute atomic E-state index is 0.0949. The van der Waals surface area contributed by atoms with Crippen molar-refractivity contribution < 1.29 is 23.9 Å². The fraction of sp³-hybridized carbons (Fsp3) is 0.0769. The Bertz CT molecular complexity index is 1450. The third kappa shape index (κ3) is 4.16. The van der Waals surface area contributed by atoms with E-state index in [0.717, 1.165) is 10.9 Å². The lowest BCUT2D eigenvalue weighted by Gasteiger charge is -2.12. The maximum Gasteiger partial charge on any atom is 0.323 e. The van der Waals surface area contributed by atoms with Crippen LogP contribution in [0.25, 0.3) is 10.9 Å². The number of rotatable bonds is 5. The van der Waals surface area contributed by atoms with Gasteiger partial charge in [-0.3, -0.25) is 9.59 Å². The molecular weight excluding hydrogens is 434 g/mol. The minimum atomic E-state index is -0.453. The van der Waals surface area contributed by atoms with Gasteiger partial charge in [-0.05, 0) is 54.6 Å². The van der Waals surface area contributed by atoms with Crippen molar-refractivity contribution in [1.82, 2.24) is 4.98 Å². The highest BCUT2D eigenvalue weighted by Crippen LogP contribution is 2.30. The van der Waals surface area contributed by atoms with Gasteiger partial charge in [0.15, 0.2) is 11.6 Å². The van der Waals surface area contributed by atoms with E-state index >= 15 is 0 Å². The minimum Gasteiger partial charge on any atom is -0.479 e. The molecule has 1 aromatic heterocycles. The SMILES string of the molecule is COc1nc2ccccc2cc1NC(=O)Nc1ccc(Oc2ccc3c(c2)C(=O)CC3=O)cc1. The Hall–Kier alpha value is -4.72. The fourth-order valence-corrected chi connectivity index (χ4v) is 3.77. The van der Waals surface area contributed by atoms with Crippen LogP contribution in [0.2, 0.25) is 0 Å². The Balaban J connectivity index is 1.25. The van der Waals surface area contributed by atoms with Gasteiger partial charge in [0.25, 0.3) is 0 Å². The monoisotopic (exact) mass is 453 g/mol. The van der Waals surface area contributed by atoms with Gasteiger partial charge in [-0.25, -0.2) is 9.78 Å². The average Bonchev–Trinajstić information content (AvgIpc) is 3.12. The van der Waals surface area contributed by atoms with Crippen LogP contribution in [0.15, 0.2) is 72.8 Å². The number of ether oxygens (including phenoxy) is 2. The van der Waals surface area contributed by atoms with Crippen LogP contribution < -0.4 is 20.1 Å². The molecule has 0 bridgehead atoms. The Labute approximate surface area is 194 Å². The predicted octanol–water partition coefficient (Wildman–Crippen LogP) is 5.45. The molecule has 0 radical (unpaired) electrons. The van der Waals surface area contributed by atoms with Crippen molar-refractivity contribution in [3.63, 3.8) is 0 Å². The normalized spacial score (nSPS) is 12.4. The molecule has 2 amide bonds. The molecule has 34 heavy (non-hydrogen) atoms. The van der Waals surface area contributed by atoms with Gasteiger partial charge in [0.05, 0.1) is 19.0 Å². The quantitative estimate of drug-likeness (QED) is 0.389. The van der Waals surface area contributed by atoms with Gasteiger partial charge in [-0.2, -0.15) is 0 Å². The first-order chi connectivity index (χ1) is 16.5. The number of hydrogen-bond acceptors (Lipinski definition) is 6. The molecular formula is C26H19N3O5. The van der Waals surface area contributed by atoms with Crippen molar-refractivity contribution in [3.05, 3.63) is 83.9 Å². The molecule has 0 saturated heterocycles. The second-order valence-electron chi connectivity index (χ2n) is 7.67. The summed E-state index contributed by atoms with van der Waals surface area (Å²) in [6.07, 6.45) is -0.0949. The standard InChI is InChI=1S/C26H19N3O5/c1-33-25-22(12-15-4-2-3-5-21(15)28-25)29-26(32)27-16-6-8-17(9-7-16)34-18-10-11-19-20(13-18)24(31)14-23(19)30/h2-13H,14H2,1H3,(H2,27,29,32). The number of aromatic nitrogens is 1. The number of para-hydroxylation sites is 1.